The molecule has 0 N–H and O–H groups in total. The highest BCUT2D eigenvalue weighted by Gasteiger charge is 2.29. The Morgan fingerprint density at radius 3 is 2.59 bits per heavy atom. The van der Waals surface area contributed by atoms with Crippen molar-refractivity contribution in [2.75, 3.05) is 13.1 Å². The Morgan fingerprint density at radius 2 is 1.85 bits per heavy atom. The molecule has 0 amide bonds. The summed E-state index contributed by atoms with van der Waals surface area (Å²) in [6.45, 7) is 0.997. The highest BCUT2D eigenvalue weighted by molar-refractivity contribution is 7.89. The van der Waals surface area contributed by atoms with Gasteiger partial charge in [0, 0.05) is 19.3 Å². The molecule has 1 aromatic carbocycles. The molecule has 0 spiro atoms. The van der Waals surface area contributed by atoms with Gasteiger partial charge in [-0.25, -0.2) is 26.7 Å². The molecule has 4 rings (SSSR count). The van der Waals surface area contributed by atoms with Gasteiger partial charge in [-0.1, -0.05) is 18.6 Å². The number of sulfonamides is 1. The van der Waals surface area contributed by atoms with Gasteiger partial charge in [0.05, 0.1) is 6.54 Å². The summed E-state index contributed by atoms with van der Waals surface area (Å²) in [5, 5.41) is 4.24. The second-order valence-corrected chi connectivity index (χ2v) is 8.51. The maximum atomic E-state index is 13.4. The number of hydrogen-bond acceptors (Lipinski definition) is 4. The van der Waals surface area contributed by atoms with Gasteiger partial charge in [0.2, 0.25) is 10.0 Å². The van der Waals surface area contributed by atoms with Crippen molar-refractivity contribution in [2.45, 2.75) is 30.7 Å². The van der Waals surface area contributed by atoms with Crippen molar-refractivity contribution in [3.8, 4) is 0 Å². The first kappa shape index (κ1) is 17.9. The summed E-state index contributed by atoms with van der Waals surface area (Å²) in [7, 11) is -3.73. The number of pyridine rings is 1. The SMILES string of the molecule is O=c1n(Cc2cccc(F)c2)nc2c(S(=O)(=O)N3CCCCC3)cccn12. The topological polar surface area (TPSA) is 76.7 Å². The van der Waals surface area contributed by atoms with Crippen LogP contribution in [0.25, 0.3) is 5.65 Å². The molecular weight excluding hydrogens is 371 g/mol. The molecule has 1 fully saturated rings. The van der Waals surface area contributed by atoms with E-state index in [0.29, 0.717) is 18.7 Å². The quantitative estimate of drug-likeness (QED) is 0.681. The van der Waals surface area contributed by atoms with Crippen molar-refractivity contribution in [1.82, 2.24) is 18.5 Å². The lowest BCUT2D eigenvalue weighted by atomic mass is 10.2. The smallest absolute Gasteiger partial charge is 0.249 e. The number of rotatable bonds is 4. The normalized spacial score (nSPS) is 16.0. The first-order valence-electron chi connectivity index (χ1n) is 8.79. The van der Waals surface area contributed by atoms with Crippen LogP contribution in [0.15, 0.2) is 52.3 Å². The molecule has 142 valence electrons. The molecule has 0 bridgehead atoms. The largest absolute Gasteiger partial charge is 0.350 e. The standard InChI is InChI=1S/C18H19FN4O3S/c19-15-7-4-6-14(12-15)13-23-18(24)22-11-5-8-16(17(22)20-23)27(25,26)21-9-2-1-3-10-21/h4-8,11-12H,1-3,9-10,13H2. The highest BCUT2D eigenvalue weighted by atomic mass is 32.2. The lowest BCUT2D eigenvalue weighted by Gasteiger charge is -2.25. The van der Waals surface area contributed by atoms with Crippen LogP contribution >= 0.6 is 0 Å². The van der Waals surface area contributed by atoms with Crippen LogP contribution in [0.5, 0.6) is 0 Å². The lowest BCUT2D eigenvalue weighted by Crippen LogP contribution is -2.35. The van der Waals surface area contributed by atoms with E-state index in [2.05, 4.69) is 5.10 Å². The number of benzene rings is 1. The Labute approximate surface area is 155 Å². The number of piperidine rings is 1. The zero-order valence-corrected chi connectivity index (χ0v) is 15.4. The first-order chi connectivity index (χ1) is 13.0. The minimum Gasteiger partial charge on any atom is -0.249 e. The second-order valence-electron chi connectivity index (χ2n) is 6.60. The molecule has 9 heteroatoms. The Bertz CT molecular complexity index is 1150. The van der Waals surface area contributed by atoms with E-state index in [1.807, 2.05) is 0 Å². The fourth-order valence-corrected chi connectivity index (χ4v) is 5.01. The Morgan fingerprint density at radius 1 is 1.07 bits per heavy atom. The minimum atomic E-state index is -3.73. The molecule has 2 aromatic heterocycles. The summed E-state index contributed by atoms with van der Waals surface area (Å²) in [4.78, 5) is 12.7. The third-order valence-corrected chi connectivity index (χ3v) is 6.65. The van der Waals surface area contributed by atoms with E-state index in [9.17, 15) is 17.6 Å². The van der Waals surface area contributed by atoms with Gasteiger partial charge < -0.3 is 0 Å². The van der Waals surface area contributed by atoms with Gasteiger partial charge in [-0.15, -0.1) is 5.10 Å². The summed E-state index contributed by atoms with van der Waals surface area (Å²) >= 11 is 0. The monoisotopic (exact) mass is 390 g/mol. The van der Waals surface area contributed by atoms with Crippen LogP contribution in [-0.4, -0.2) is 40.0 Å². The molecule has 7 nitrogen and oxygen atoms in total. The Balaban J connectivity index is 1.79. The van der Waals surface area contributed by atoms with E-state index in [0.717, 1.165) is 23.9 Å². The first-order valence-corrected chi connectivity index (χ1v) is 10.2. The predicted octanol–water partition coefficient (Wildman–Crippen LogP) is 1.86. The zero-order chi connectivity index (χ0) is 19.0. The third-order valence-electron chi connectivity index (χ3n) is 4.73. The summed E-state index contributed by atoms with van der Waals surface area (Å²) < 4.78 is 43.3. The number of halogens is 1. The highest BCUT2D eigenvalue weighted by Crippen LogP contribution is 2.22. The summed E-state index contributed by atoms with van der Waals surface area (Å²) in [6, 6.07) is 8.88. The molecule has 0 saturated carbocycles. The third kappa shape index (κ3) is 3.28. The molecule has 1 aliphatic rings. The maximum absolute atomic E-state index is 13.4. The van der Waals surface area contributed by atoms with Crippen molar-refractivity contribution in [3.05, 3.63) is 64.5 Å². The van der Waals surface area contributed by atoms with E-state index in [1.54, 1.807) is 12.1 Å². The molecule has 27 heavy (non-hydrogen) atoms. The van der Waals surface area contributed by atoms with E-state index in [4.69, 9.17) is 0 Å². The van der Waals surface area contributed by atoms with E-state index in [1.165, 1.54) is 39.2 Å². The average molecular weight is 390 g/mol. The molecule has 3 heterocycles. The molecular formula is C18H19FN4O3S. The lowest BCUT2D eigenvalue weighted by molar-refractivity contribution is 0.347. The van der Waals surface area contributed by atoms with Gasteiger partial charge in [-0.3, -0.25) is 0 Å². The van der Waals surface area contributed by atoms with E-state index in [-0.39, 0.29) is 17.1 Å². The predicted molar refractivity (Wildman–Crippen MR) is 97.6 cm³/mol. The molecule has 0 atom stereocenters. The molecule has 1 aliphatic heterocycles. The summed E-state index contributed by atoms with van der Waals surface area (Å²) in [6.07, 6.45) is 4.15. The van der Waals surface area contributed by atoms with Gasteiger partial charge in [-0.2, -0.15) is 4.31 Å². The molecule has 1 saturated heterocycles. The van der Waals surface area contributed by atoms with E-state index >= 15 is 0 Å². The van der Waals surface area contributed by atoms with Crippen LogP contribution in [0, 0.1) is 5.82 Å². The van der Waals surface area contributed by atoms with Crippen LogP contribution in [0.1, 0.15) is 24.8 Å². The van der Waals surface area contributed by atoms with Gasteiger partial charge in [0.1, 0.15) is 10.7 Å². The van der Waals surface area contributed by atoms with Crippen LogP contribution in [-0.2, 0) is 16.6 Å². The zero-order valence-electron chi connectivity index (χ0n) is 14.6. The van der Waals surface area contributed by atoms with Crippen molar-refractivity contribution in [3.63, 3.8) is 0 Å². The van der Waals surface area contributed by atoms with Crippen molar-refractivity contribution >= 4 is 15.7 Å². The van der Waals surface area contributed by atoms with Crippen molar-refractivity contribution in [1.29, 1.82) is 0 Å². The summed E-state index contributed by atoms with van der Waals surface area (Å²) in [5.41, 5.74) is 0.190. The number of nitrogens with zero attached hydrogens (tertiary/aromatic N) is 4. The molecule has 0 aliphatic carbocycles. The van der Waals surface area contributed by atoms with Crippen LogP contribution < -0.4 is 5.69 Å². The van der Waals surface area contributed by atoms with Gasteiger partial charge >= 0.3 is 5.69 Å². The van der Waals surface area contributed by atoms with Gasteiger partial charge in [-0.05, 0) is 42.7 Å². The Kier molecular flexibility index (Phi) is 4.56. The van der Waals surface area contributed by atoms with Gasteiger partial charge in [0.15, 0.2) is 5.65 Å². The minimum absolute atomic E-state index is 0.0157. The number of hydrogen-bond donors (Lipinski definition) is 0. The summed E-state index contributed by atoms with van der Waals surface area (Å²) in [5.74, 6) is -0.405. The fraction of sp³-hybridized carbons (Fsp3) is 0.333. The molecule has 0 radical (unpaired) electrons. The average Bonchev–Trinajstić information content (AvgIpc) is 2.98. The maximum Gasteiger partial charge on any atom is 0.350 e. The van der Waals surface area contributed by atoms with Crippen molar-refractivity contribution < 1.29 is 12.8 Å². The van der Waals surface area contributed by atoms with Crippen molar-refractivity contribution in [2.24, 2.45) is 0 Å². The van der Waals surface area contributed by atoms with Crippen LogP contribution in [0.4, 0.5) is 4.39 Å². The van der Waals surface area contributed by atoms with Crippen LogP contribution in [0.3, 0.4) is 0 Å². The second kappa shape index (κ2) is 6.90. The number of fused-ring (bicyclic) bond motifs is 1. The van der Waals surface area contributed by atoms with Gasteiger partial charge in [0.25, 0.3) is 0 Å². The fourth-order valence-electron chi connectivity index (χ4n) is 3.37. The number of aromatic nitrogens is 3. The Hall–Kier alpha value is -2.52. The van der Waals surface area contributed by atoms with Crippen LogP contribution in [0.2, 0.25) is 0 Å². The van der Waals surface area contributed by atoms with E-state index < -0.39 is 21.5 Å². The molecule has 0 unspecified atom stereocenters. The molecule has 3 aromatic rings.